The third-order valence-electron chi connectivity index (χ3n) is 7.17. The number of halogens is 3. The van der Waals surface area contributed by atoms with Crippen LogP contribution in [0.25, 0.3) is 0 Å². The van der Waals surface area contributed by atoms with Crippen LogP contribution in [0.5, 0.6) is 6.01 Å². The highest BCUT2D eigenvalue weighted by Gasteiger charge is 2.36. The second kappa shape index (κ2) is 12.7. The van der Waals surface area contributed by atoms with Gasteiger partial charge in [-0.3, -0.25) is 4.79 Å². The van der Waals surface area contributed by atoms with E-state index in [0.29, 0.717) is 26.1 Å². The number of methoxy groups -OCH3 is 2. The summed E-state index contributed by atoms with van der Waals surface area (Å²) in [5.41, 5.74) is -0.726. The summed E-state index contributed by atoms with van der Waals surface area (Å²) in [4.78, 5) is 22.2. The van der Waals surface area contributed by atoms with E-state index in [4.69, 9.17) is 23.7 Å². The van der Waals surface area contributed by atoms with E-state index in [9.17, 15) is 18.0 Å². The van der Waals surface area contributed by atoms with Crippen molar-refractivity contribution >= 4 is 11.7 Å². The summed E-state index contributed by atoms with van der Waals surface area (Å²) < 4.78 is 69.2. The van der Waals surface area contributed by atoms with E-state index >= 15 is 0 Å². The molecule has 1 unspecified atom stereocenters. The second-order valence-electron chi connectivity index (χ2n) is 9.59. The van der Waals surface area contributed by atoms with Crippen LogP contribution in [0.2, 0.25) is 0 Å². The van der Waals surface area contributed by atoms with Crippen LogP contribution in [0.1, 0.15) is 73.7 Å². The fourth-order valence-electron chi connectivity index (χ4n) is 4.68. The molecule has 0 radical (unpaired) electrons. The molecule has 218 valence electrons. The lowest BCUT2D eigenvalue weighted by atomic mass is 9.93. The number of ether oxygens (including phenoxy) is 5. The number of hydrogen-bond donors (Lipinski definition) is 2. The largest absolute Gasteiger partial charge is 0.467 e. The minimum Gasteiger partial charge on any atom is -0.467 e. The van der Waals surface area contributed by atoms with Gasteiger partial charge in [0.25, 0.3) is 12.7 Å². The highest BCUT2D eigenvalue weighted by molar-refractivity contribution is 5.83. The molecule has 1 fully saturated rings. The van der Waals surface area contributed by atoms with Crippen molar-refractivity contribution in [3.63, 3.8) is 0 Å². The lowest BCUT2D eigenvalue weighted by molar-refractivity contribution is -0.126. The van der Waals surface area contributed by atoms with Crippen molar-refractivity contribution < 1.29 is 41.7 Å². The fraction of sp³-hybridized carbons (Fsp3) is 0.519. The van der Waals surface area contributed by atoms with Crippen LogP contribution in [0, 0.1) is 5.82 Å². The molecule has 1 amide bonds. The second-order valence-corrected chi connectivity index (χ2v) is 9.59. The number of carbonyl (C=O) groups is 1. The highest BCUT2D eigenvalue weighted by Crippen LogP contribution is 2.38. The molecule has 2 aromatic rings. The normalized spacial score (nSPS) is 18.1. The quantitative estimate of drug-likeness (QED) is 0.401. The van der Waals surface area contributed by atoms with Gasteiger partial charge in [0.05, 0.1) is 41.5 Å². The fourth-order valence-corrected chi connectivity index (χ4v) is 4.68. The zero-order chi connectivity index (χ0) is 28.9. The molecule has 0 saturated carbocycles. The first-order valence-electron chi connectivity index (χ1n) is 12.8. The Hall–Kier alpha value is -3.58. The van der Waals surface area contributed by atoms with Crippen LogP contribution < -0.4 is 15.4 Å². The van der Waals surface area contributed by atoms with Crippen molar-refractivity contribution in [3.05, 3.63) is 58.9 Å². The van der Waals surface area contributed by atoms with Gasteiger partial charge in [-0.2, -0.15) is 9.97 Å². The molecule has 1 aromatic carbocycles. The zero-order valence-electron chi connectivity index (χ0n) is 22.7. The summed E-state index contributed by atoms with van der Waals surface area (Å²) in [5, 5.41) is 6.00. The summed E-state index contributed by atoms with van der Waals surface area (Å²) in [6, 6.07) is 2.90. The van der Waals surface area contributed by atoms with Gasteiger partial charge in [0, 0.05) is 45.3 Å². The van der Waals surface area contributed by atoms with Crippen molar-refractivity contribution in [1.29, 1.82) is 0 Å². The Kier molecular flexibility index (Phi) is 9.36. The number of rotatable bonds is 11. The molecule has 1 aromatic heterocycles. The van der Waals surface area contributed by atoms with Gasteiger partial charge < -0.3 is 34.3 Å². The Balaban J connectivity index is 1.66. The van der Waals surface area contributed by atoms with E-state index in [-0.39, 0.29) is 41.1 Å². The van der Waals surface area contributed by atoms with E-state index in [0.717, 1.165) is 6.07 Å². The lowest BCUT2D eigenvalue weighted by Gasteiger charge is -2.36. The molecule has 3 heterocycles. The van der Waals surface area contributed by atoms with Gasteiger partial charge in [-0.15, -0.1) is 0 Å². The molecule has 2 aliphatic rings. The number of benzene rings is 1. The van der Waals surface area contributed by atoms with Gasteiger partial charge in [0.15, 0.2) is 0 Å². The van der Waals surface area contributed by atoms with Crippen molar-refractivity contribution in [3.8, 4) is 6.01 Å². The van der Waals surface area contributed by atoms with E-state index in [1.165, 1.54) is 31.8 Å². The summed E-state index contributed by atoms with van der Waals surface area (Å²) in [5.74, 6) is -2.07. The van der Waals surface area contributed by atoms with Crippen LogP contribution in [0.4, 0.5) is 19.0 Å². The Morgan fingerprint density at radius 2 is 1.80 bits per heavy atom. The first-order chi connectivity index (χ1) is 19.2. The molecule has 0 spiro atoms. The van der Waals surface area contributed by atoms with Gasteiger partial charge in [-0.1, -0.05) is 18.2 Å². The van der Waals surface area contributed by atoms with E-state index < -0.39 is 41.7 Å². The summed E-state index contributed by atoms with van der Waals surface area (Å²) >= 11 is 0. The Morgan fingerprint density at radius 1 is 1.12 bits per heavy atom. The monoisotopic (exact) mass is 566 g/mol. The minimum atomic E-state index is -2.97. The van der Waals surface area contributed by atoms with Gasteiger partial charge in [0.2, 0.25) is 5.91 Å². The number of nitrogens with one attached hydrogen (secondary N) is 2. The molecule has 10 nitrogen and oxygen atoms in total. The molecule has 0 bridgehead atoms. The Morgan fingerprint density at radius 3 is 2.42 bits per heavy atom. The molecule has 2 aliphatic heterocycles. The number of carbonyl (C=O) groups excluding carboxylic acids is 1. The topological polar surface area (TPSA) is 113 Å². The molecular weight excluding hydrogens is 533 g/mol. The molecule has 0 aliphatic carbocycles. The van der Waals surface area contributed by atoms with Crippen LogP contribution in [-0.4, -0.2) is 55.5 Å². The standard InChI is InChI=1S/C27H33F3N4O6/c1-15(24(35)31-14-27(37-4)8-10-38-11-9-27)21-19(25-39-12-13-40-25)23(34-26(33-21)36-3)32-16(2)17-6-5-7-18(20(17)28)22(29)30/h5-7,12-13,15-16,22,25H,8-11,14H2,1-4H3,(H,31,35)(H,32,33,34)/t15?,16-/m1/s1. The Bertz CT molecular complexity index is 1220. The molecule has 2 atom stereocenters. The average Bonchev–Trinajstić information content (AvgIpc) is 3.50. The van der Waals surface area contributed by atoms with Gasteiger partial charge in [-0.05, 0) is 13.8 Å². The molecule has 40 heavy (non-hydrogen) atoms. The number of alkyl halides is 2. The van der Waals surface area contributed by atoms with Crippen molar-refractivity contribution in [2.24, 2.45) is 0 Å². The average molecular weight is 567 g/mol. The lowest BCUT2D eigenvalue weighted by Crippen LogP contribution is -2.48. The van der Waals surface area contributed by atoms with Crippen molar-refractivity contribution in [1.82, 2.24) is 15.3 Å². The minimum absolute atomic E-state index is 0.00128. The Labute approximate surface area is 230 Å². The van der Waals surface area contributed by atoms with Gasteiger partial charge >= 0.3 is 6.01 Å². The predicted octanol–water partition coefficient (Wildman–Crippen LogP) is 4.67. The zero-order valence-corrected chi connectivity index (χ0v) is 22.7. The first-order valence-corrected chi connectivity index (χ1v) is 12.8. The predicted molar refractivity (Wildman–Crippen MR) is 137 cm³/mol. The van der Waals surface area contributed by atoms with Crippen molar-refractivity contribution in [2.45, 2.75) is 57.0 Å². The molecule has 4 rings (SSSR count). The number of nitrogens with zero attached hydrogens (tertiary/aromatic N) is 2. The van der Waals surface area contributed by atoms with Crippen LogP contribution in [0.3, 0.4) is 0 Å². The number of amides is 1. The smallest absolute Gasteiger partial charge is 0.318 e. The first kappa shape index (κ1) is 29.4. The van der Waals surface area contributed by atoms with E-state index in [1.54, 1.807) is 21.0 Å². The van der Waals surface area contributed by atoms with Crippen molar-refractivity contribution in [2.75, 3.05) is 39.3 Å². The molecular formula is C27H33F3N4O6. The maximum atomic E-state index is 14.9. The summed E-state index contributed by atoms with van der Waals surface area (Å²) in [6.45, 7) is 4.58. The third kappa shape index (κ3) is 6.25. The van der Waals surface area contributed by atoms with Crippen LogP contribution >= 0.6 is 0 Å². The van der Waals surface area contributed by atoms with E-state index in [2.05, 4.69) is 20.6 Å². The summed E-state index contributed by atoms with van der Waals surface area (Å²) in [7, 11) is 2.97. The van der Waals surface area contributed by atoms with E-state index in [1.807, 2.05) is 0 Å². The molecule has 1 saturated heterocycles. The molecule has 13 heteroatoms. The number of hydrogen-bond acceptors (Lipinski definition) is 9. The third-order valence-corrected chi connectivity index (χ3v) is 7.17. The maximum Gasteiger partial charge on any atom is 0.318 e. The van der Waals surface area contributed by atoms with Gasteiger partial charge in [0.1, 0.15) is 24.2 Å². The SMILES string of the molecule is COc1nc(N[C@H](C)c2cccc(C(F)F)c2F)c(C2OC=CO2)c(C(C)C(=O)NCC2(OC)CCOCC2)n1. The summed E-state index contributed by atoms with van der Waals surface area (Å²) in [6.07, 6.45) is -0.0714. The van der Waals surface area contributed by atoms with Crippen LogP contribution in [0.15, 0.2) is 30.7 Å². The molecule has 2 N–H and O–H groups in total. The number of anilines is 1. The number of aromatic nitrogens is 2. The van der Waals surface area contributed by atoms with Gasteiger partial charge in [-0.25, -0.2) is 13.2 Å². The maximum absolute atomic E-state index is 14.9. The highest BCUT2D eigenvalue weighted by atomic mass is 19.3. The van der Waals surface area contributed by atoms with Crippen LogP contribution in [-0.2, 0) is 23.7 Å².